The van der Waals surface area contributed by atoms with Gasteiger partial charge in [0.25, 0.3) is 5.91 Å². The van der Waals surface area contributed by atoms with E-state index in [4.69, 9.17) is 14.3 Å². The van der Waals surface area contributed by atoms with E-state index < -0.39 is 6.10 Å². The highest BCUT2D eigenvalue weighted by atomic mass is 16.6. The lowest BCUT2D eigenvalue weighted by Gasteiger charge is -2.19. The molecule has 1 atom stereocenters. The quantitative estimate of drug-likeness (QED) is 0.919. The molecule has 0 unspecified atom stereocenters. The summed E-state index contributed by atoms with van der Waals surface area (Å²) in [6, 6.07) is 15.2. The van der Waals surface area contributed by atoms with Gasteiger partial charge >= 0.3 is 0 Å². The smallest absolute Gasteiger partial charge is 0.268 e. The molecule has 0 fully saturated rings. The Hall–Kier alpha value is -3.28. The van der Waals surface area contributed by atoms with Crippen LogP contribution in [0.15, 0.2) is 59.8 Å². The monoisotopic (exact) mass is 350 g/mol. The summed E-state index contributed by atoms with van der Waals surface area (Å²) in [5, 5.41) is 6.82. The van der Waals surface area contributed by atoms with Crippen LogP contribution in [0.4, 0.5) is 5.69 Å². The molecule has 2 aromatic carbocycles. The molecule has 26 heavy (non-hydrogen) atoms. The summed E-state index contributed by atoms with van der Waals surface area (Å²) in [6.07, 6.45) is 3.61. The third-order valence-electron chi connectivity index (χ3n) is 4.06. The number of fused-ring (bicyclic) bond motifs is 1. The Morgan fingerprint density at radius 3 is 2.69 bits per heavy atom. The molecule has 6 heteroatoms. The summed E-state index contributed by atoms with van der Waals surface area (Å²) >= 11 is 0. The van der Waals surface area contributed by atoms with Gasteiger partial charge in [-0.25, -0.2) is 0 Å². The third-order valence-corrected chi connectivity index (χ3v) is 4.06. The average molecular weight is 350 g/mol. The molecule has 1 amide bonds. The van der Waals surface area contributed by atoms with Crippen LogP contribution >= 0.6 is 0 Å². The van der Waals surface area contributed by atoms with Gasteiger partial charge in [0.1, 0.15) is 13.2 Å². The maximum atomic E-state index is 12.4. The molecule has 132 valence electrons. The first-order valence-electron chi connectivity index (χ1n) is 8.44. The molecule has 0 aliphatic carbocycles. The lowest BCUT2D eigenvalue weighted by atomic mass is 10.1. The van der Waals surface area contributed by atoms with Crippen molar-refractivity contribution in [2.24, 2.45) is 5.16 Å². The Morgan fingerprint density at radius 2 is 1.85 bits per heavy atom. The molecule has 0 radical (unpaired) electrons. The molecule has 2 heterocycles. The molecule has 6 nitrogen and oxygen atoms in total. The summed E-state index contributed by atoms with van der Waals surface area (Å²) in [4.78, 5) is 17.7. The molecule has 0 spiro atoms. The molecule has 2 aliphatic rings. The number of carbonyl (C=O) groups excluding carboxylic acids is 1. The van der Waals surface area contributed by atoms with Crippen LogP contribution < -0.4 is 14.8 Å². The van der Waals surface area contributed by atoms with Gasteiger partial charge in [0.2, 0.25) is 6.10 Å². The van der Waals surface area contributed by atoms with Crippen LogP contribution in [-0.2, 0) is 9.63 Å². The van der Waals surface area contributed by atoms with Crippen molar-refractivity contribution < 1.29 is 19.1 Å². The number of hydrogen-bond acceptors (Lipinski definition) is 5. The molecule has 0 saturated heterocycles. The van der Waals surface area contributed by atoms with E-state index >= 15 is 0 Å². The van der Waals surface area contributed by atoms with Gasteiger partial charge in [0.15, 0.2) is 11.5 Å². The van der Waals surface area contributed by atoms with Crippen LogP contribution in [-0.4, -0.2) is 30.9 Å². The molecule has 2 aliphatic heterocycles. The first kappa shape index (κ1) is 16.2. The number of hydrogen-bond donors (Lipinski definition) is 1. The summed E-state index contributed by atoms with van der Waals surface area (Å²) in [5.41, 5.74) is 2.44. The van der Waals surface area contributed by atoms with Crippen molar-refractivity contribution in [2.45, 2.75) is 12.5 Å². The Labute approximate surface area is 151 Å². The van der Waals surface area contributed by atoms with Crippen molar-refractivity contribution in [3.63, 3.8) is 0 Å². The van der Waals surface area contributed by atoms with Crippen molar-refractivity contribution in [1.82, 2.24) is 0 Å². The molecule has 1 N–H and O–H groups in total. The molecule has 4 rings (SSSR count). The SMILES string of the molecule is O=C(Nc1ccc2c(c1)OCCO2)[C@@H]1CC(/C=C/c2ccccc2)=NO1. The lowest BCUT2D eigenvalue weighted by Crippen LogP contribution is -2.27. The Bertz CT molecular complexity index is 861. The van der Waals surface area contributed by atoms with Crippen LogP contribution in [0.2, 0.25) is 0 Å². The Balaban J connectivity index is 1.34. The Morgan fingerprint density at radius 1 is 1.04 bits per heavy atom. The number of allylic oxidation sites excluding steroid dienone is 1. The number of benzene rings is 2. The van der Waals surface area contributed by atoms with E-state index in [1.165, 1.54) is 0 Å². The van der Waals surface area contributed by atoms with Gasteiger partial charge in [-0.3, -0.25) is 4.79 Å². The van der Waals surface area contributed by atoms with Gasteiger partial charge in [-0.05, 0) is 23.8 Å². The topological polar surface area (TPSA) is 69.2 Å². The van der Waals surface area contributed by atoms with E-state index in [2.05, 4.69) is 10.5 Å². The van der Waals surface area contributed by atoms with Crippen LogP contribution in [0.1, 0.15) is 12.0 Å². The standard InChI is InChI=1S/C20H18N2O4/c23-20(21-15-8-9-17-18(12-15)25-11-10-24-17)19-13-16(22-26-19)7-6-14-4-2-1-3-5-14/h1-9,12,19H,10-11,13H2,(H,21,23)/b7-6+/t19-/m0/s1. The number of ether oxygens (including phenoxy) is 2. The largest absolute Gasteiger partial charge is 0.486 e. The van der Waals surface area contributed by atoms with Gasteiger partial charge in [-0.2, -0.15) is 0 Å². The number of amides is 1. The highest BCUT2D eigenvalue weighted by Gasteiger charge is 2.27. The zero-order valence-corrected chi connectivity index (χ0v) is 14.1. The molecule has 2 aromatic rings. The number of carbonyl (C=O) groups is 1. The summed E-state index contributed by atoms with van der Waals surface area (Å²) in [5.74, 6) is 1.07. The van der Waals surface area contributed by atoms with Gasteiger partial charge in [-0.15, -0.1) is 0 Å². The fraction of sp³-hybridized carbons (Fsp3) is 0.200. The highest BCUT2D eigenvalue weighted by molar-refractivity contribution is 6.04. The van der Waals surface area contributed by atoms with Crippen LogP contribution in [0.5, 0.6) is 11.5 Å². The normalized spacial score (nSPS) is 18.3. The van der Waals surface area contributed by atoms with Crippen molar-refractivity contribution in [2.75, 3.05) is 18.5 Å². The van der Waals surface area contributed by atoms with Gasteiger partial charge < -0.3 is 19.6 Å². The zero-order valence-electron chi connectivity index (χ0n) is 14.1. The van der Waals surface area contributed by atoms with E-state index in [1.54, 1.807) is 18.2 Å². The molecule has 0 saturated carbocycles. The molecule has 0 aromatic heterocycles. The fourth-order valence-corrected chi connectivity index (χ4v) is 2.74. The van der Waals surface area contributed by atoms with Crippen molar-refractivity contribution >= 4 is 23.4 Å². The predicted molar refractivity (Wildman–Crippen MR) is 98.5 cm³/mol. The highest BCUT2D eigenvalue weighted by Crippen LogP contribution is 2.32. The fourth-order valence-electron chi connectivity index (χ4n) is 2.74. The number of rotatable bonds is 4. The van der Waals surface area contributed by atoms with Crippen molar-refractivity contribution in [1.29, 1.82) is 0 Å². The number of oxime groups is 1. The van der Waals surface area contributed by atoms with Crippen LogP contribution in [0, 0.1) is 0 Å². The second-order valence-corrected chi connectivity index (χ2v) is 5.97. The van der Waals surface area contributed by atoms with Gasteiger partial charge in [-0.1, -0.05) is 41.6 Å². The number of anilines is 1. The molecule has 0 bridgehead atoms. The second-order valence-electron chi connectivity index (χ2n) is 5.97. The van der Waals surface area contributed by atoms with Crippen molar-refractivity contribution in [3.8, 4) is 11.5 Å². The third kappa shape index (κ3) is 3.69. The maximum Gasteiger partial charge on any atom is 0.268 e. The maximum absolute atomic E-state index is 12.4. The van der Waals surface area contributed by atoms with E-state index in [-0.39, 0.29) is 5.91 Å². The van der Waals surface area contributed by atoms with E-state index in [0.717, 1.165) is 11.3 Å². The number of nitrogens with one attached hydrogen (secondary N) is 1. The van der Waals surface area contributed by atoms with Crippen LogP contribution in [0.25, 0.3) is 6.08 Å². The van der Waals surface area contributed by atoms with E-state index in [9.17, 15) is 4.79 Å². The first-order valence-corrected chi connectivity index (χ1v) is 8.44. The minimum Gasteiger partial charge on any atom is -0.486 e. The first-order chi connectivity index (χ1) is 12.8. The minimum atomic E-state index is -0.640. The predicted octanol–water partition coefficient (Wildman–Crippen LogP) is 3.25. The average Bonchev–Trinajstić information content (AvgIpc) is 3.16. The van der Waals surface area contributed by atoms with Gasteiger partial charge in [0, 0.05) is 18.2 Å². The van der Waals surface area contributed by atoms with Crippen molar-refractivity contribution in [3.05, 3.63) is 60.2 Å². The minimum absolute atomic E-state index is 0.242. The zero-order chi connectivity index (χ0) is 17.8. The van der Waals surface area contributed by atoms with E-state index in [1.807, 2.05) is 42.5 Å². The van der Waals surface area contributed by atoms with E-state index in [0.29, 0.717) is 36.8 Å². The van der Waals surface area contributed by atoms with Crippen LogP contribution in [0.3, 0.4) is 0 Å². The molecular formula is C20H18N2O4. The summed E-state index contributed by atoms with van der Waals surface area (Å²) in [6.45, 7) is 1.03. The Kier molecular flexibility index (Phi) is 4.55. The molecular weight excluding hydrogens is 332 g/mol. The van der Waals surface area contributed by atoms with Gasteiger partial charge in [0.05, 0.1) is 5.71 Å². The second kappa shape index (κ2) is 7.31. The lowest BCUT2D eigenvalue weighted by molar-refractivity contribution is -0.125. The summed E-state index contributed by atoms with van der Waals surface area (Å²) < 4.78 is 11.0. The number of nitrogens with zero attached hydrogens (tertiary/aromatic N) is 1. The summed E-state index contributed by atoms with van der Waals surface area (Å²) in [7, 11) is 0.